The third-order valence-electron chi connectivity index (χ3n) is 7.06. The number of aromatic nitrogens is 3. The van der Waals surface area contributed by atoms with Crippen LogP contribution in [0.25, 0.3) is 11.3 Å². The van der Waals surface area contributed by atoms with E-state index in [-0.39, 0.29) is 21.9 Å². The van der Waals surface area contributed by atoms with Crippen LogP contribution in [0.1, 0.15) is 50.0 Å². The van der Waals surface area contributed by atoms with Gasteiger partial charge in [0.25, 0.3) is 15.9 Å². The van der Waals surface area contributed by atoms with Crippen LogP contribution >= 0.6 is 0 Å². The molecule has 1 aliphatic heterocycles. The van der Waals surface area contributed by atoms with Crippen LogP contribution in [0.4, 0.5) is 11.6 Å². The van der Waals surface area contributed by atoms with Crippen molar-refractivity contribution in [2.75, 3.05) is 50.2 Å². The van der Waals surface area contributed by atoms with E-state index in [9.17, 15) is 13.2 Å². The Labute approximate surface area is 253 Å². The Hall–Kier alpha value is -3.81. The second kappa shape index (κ2) is 13.7. The lowest BCUT2D eigenvalue weighted by Gasteiger charge is -2.34. The number of ether oxygens (including phenoxy) is 3. The smallest absolute Gasteiger partial charge is 0.281 e. The van der Waals surface area contributed by atoms with Crippen LogP contribution in [0.5, 0.6) is 5.88 Å². The third-order valence-corrected chi connectivity index (χ3v) is 8.30. The zero-order valence-electron chi connectivity index (χ0n) is 25.3. The molecular formula is C30H40N6O6S. The number of nitrogens with two attached hydrogens (primary N) is 1. The van der Waals surface area contributed by atoms with Gasteiger partial charge in [-0.05, 0) is 70.4 Å². The summed E-state index contributed by atoms with van der Waals surface area (Å²) in [5.41, 5.74) is 7.61. The molecule has 12 nitrogen and oxygen atoms in total. The van der Waals surface area contributed by atoms with Gasteiger partial charge in [0.15, 0.2) is 5.03 Å². The van der Waals surface area contributed by atoms with E-state index >= 15 is 0 Å². The van der Waals surface area contributed by atoms with Crippen LogP contribution in [0.15, 0.2) is 47.6 Å². The molecule has 4 rings (SSSR count). The Kier molecular flexibility index (Phi) is 10.2. The number of aryl methyl sites for hydroxylation is 1. The molecule has 1 aliphatic rings. The molecule has 3 N–H and O–H groups in total. The molecule has 0 saturated carbocycles. The third kappa shape index (κ3) is 7.98. The van der Waals surface area contributed by atoms with Crippen molar-refractivity contribution in [3.63, 3.8) is 0 Å². The lowest BCUT2D eigenvalue weighted by atomic mass is 9.97. The van der Waals surface area contributed by atoms with Gasteiger partial charge < -0.3 is 24.8 Å². The monoisotopic (exact) mass is 612 g/mol. The minimum Gasteiger partial charge on any atom is -0.475 e. The molecule has 0 aliphatic carbocycles. The van der Waals surface area contributed by atoms with Gasteiger partial charge in [0, 0.05) is 36.0 Å². The van der Waals surface area contributed by atoms with Crippen molar-refractivity contribution in [3.05, 3.63) is 53.7 Å². The number of rotatable bonds is 13. The number of nitrogen functional groups attached to an aromatic ring is 1. The van der Waals surface area contributed by atoms with Gasteiger partial charge in [0.05, 0.1) is 31.1 Å². The van der Waals surface area contributed by atoms with Gasteiger partial charge in [-0.1, -0.05) is 13.0 Å². The average molecular weight is 613 g/mol. The van der Waals surface area contributed by atoms with Gasteiger partial charge in [-0.15, -0.1) is 0 Å². The number of carbonyl (C=O) groups excluding carboxylic acids is 1. The van der Waals surface area contributed by atoms with E-state index < -0.39 is 15.9 Å². The topological polar surface area (TPSA) is 159 Å². The highest BCUT2D eigenvalue weighted by Crippen LogP contribution is 2.38. The molecule has 4 heterocycles. The number of amides is 1. The standard InChI is InChI=1S/C30H40N6O6S/c1-6-40-12-13-41-14-15-42-29-21(3)16-22(18-32-29)24-11-10-23(27(33-24)36-19-20(2)17-30(36,4)5)28(37)35-43(38,39)26-9-7-8-25(31)34-26/h7-11,16,18,20H,6,12-15,17,19H2,1-5H3,(H2,31,34)(H,35,37)/t20-/m0/s1. The highest BCUT2D eigenvalue weighted by Gasteiger charge is 2.39. The van der Waals surface area contributed by atoms with Crippen molar-refractivity contribution in [2.24, 2.45) is 5.92 Å². The van der Waals surface area contributed by atoms with Crippen molar-refractivity contribution >= 4 is 27.6 Å². The molecule has 43 heavy (non-hydrogen) atoms. The second-order valence-corrected chi connectivity index (χ2v) is 12.8. The molecule has 3 aromatic rings. The second-order valence-electron chi connectivity index (χ2n) is 11.1. The van der Waals surface area contributed by atoms with E-state index in [1.807, 2.05) is 19.9 Å². The molecular weight excluding hydrogens is 572 g/mol. The van der Waals surface area contributed by atoms with Crippen LogP contribution in [-0.4, -0.2) is 74.4 Å². The van der Waals surface area contributed by atoms with E-state index in [2.05, 4.69) is 40.4 Å². The van der Waals surface area contributed by atoms with E-state index in [1.54, 1.807) is 18.3 Å². The van der Waals surface area contributed by atoms with Gasteiger partial charge in [-0.25, -0.2) is 19.7 Å². The lowest BCUT2D eigenvalue weighted by Crippen LogP contribution is -2.41. The molecule has 3 aromatic heterocycles. The fourth-order valence-electron chi connectivity index (χ4n) is 5.18. The van der Waals surface area contributed by atoms with Crippen molar-refractivity contribution in [3.8, 4) is 17.1 Å². The van der Waals surface area contributed by atoms with E-state index in [0.29, 0.717) is 62.9 Å². The molecule has 232 valence electrons. The summed E-state index contributed by atoms with van der Waals surface area (Å²) < 4.78 is 44.6. The number of pyridine rings is 3. The fourth-order valence-corrected chi connectivity index (χ4v) is 6.12. The molecule has 0 radical (unpaired) electrons. The number of anilines is 2. The molecule has 0 spiro atoms. The van der Waals surface area contributed by atoms with Crippen molar-refractivity contribution in [1.29, 1.82) is 0 Å². The van der Waals surface area contributed by atoms with Crippen LogP contribution in [0, 0.1) is 12.8 Å². The number of nitrogens with one attached hydrogen (secondary N) is 1. The van der Waals surface area contributed by atoms with Gasteiger partial charge >= 0.3 is 0 Å². The summed E-state index contributed by atoms with van der Waals surface area (Å²) in [5, 5.41) is -0.344. The summed E-state index contributed by atoms with van der Waals surface area (Å²) in [5.74, 6) is 0.446. The Balaban J connectivity index is 1.59. The summed E-state index contributed by atoms with van der Waals surface area (Å²) in [6.07, 6.45) is 2.55. The maximum Gasteiger partial charge on any atom is 0.281 e. The average Bonchev–Trinajstić information content (AvgIpc) is 3.24. The molecule has 0 aromatic carbocycles. The summed E-state index contributed by atoms with van der Waals surface area (Å²) in [6.45, 7) is 13.2. The summed E-state index contributed by atoms with van der Waals surface area (Å²) >= 11 is 0. The first-order valence-electron chi connectivity index (χ1n) is 14.2. The minimum absolute atomic E-state index is 0.0287. The number of carbonyl (C=O) groups is 1. The highest BCUT2D eigenvalue weighted by atomic mass is 32.2. The summed E-state index contributed by atoms with van der Waals surface area (Å²) in [7, 11) is -4.27. The summed E-state index contributed by atoms with van der Waals surface area (Å²) in [4.78, 5) is 28.8. The lowest BCUT2D eigenvalue weighted by molar-refractivity contribution is 0.0398. The Morgan fingerprint density at radius 1 is 1.12 bits per heavy atom. The predicted molar refractivity (Wildman–Crippen MR) is 164 cm³/mol. The van der Waals surface area contributed by atoms with E-state index in [4.69, 9.17) is 24.9 Å². The van der Waals surface area contributed by atoms with Crippen molar-refractivity contribution in [2.45, 2.75) is 51.6 Å². The molecule has 13 heteroatoms. The van der Waals surface area contributed by atoms with Crippen LogP contribution in [0.2, 0.25) is 0 Å². The first kappa shape index (κ1) is 32.1. The highest BCUT2D eigenvalue weighted by molar-refractivity contribution is 7.90. The molecule has 0 unspecified atom stereocenters. The first-order chi connectivity index (χ1) is 20.4. The van der Waals surface area contributed by atoms with Gasteiger partial charge in [-0.3, -0.25) is 4.79 Å². The Bertz CT molecular complexity index is 1550. The number of hydrogen-bond acceptors (Lipinski definition) is 11. The van der Waals surface area contributed by atoms with Gasteiger partial charge in [0.2, 0.25) is 5.88 Å². The van der Waals surface area contributed by atoms with E-state index in [0.717, 1.165) is 17.5 Å². The number of hydrogen-bond donors (Lipinski definition) is 2. The Morgan fingerprint density at radius 3 is 2.53 bits per heavy atom. The predicted octanol–water partition coefficient (Wildman–Crippen LogP) is 3.60. The minimum atomic E-state index is -4.27. The van der Waals surface area contributed by atoms with E-state index in [1.165, 1.54) is 18.2 Å². The maximum absolute atomic E-state index is 13.5. The Morgan fingerprint density at radius 2 is 1.86 bits per heavy atom. The van der Waals surface area contributed by atoms with Gasteiger partial charge in [0.1, 0.15) is 18.2 Å². The molecule has 1 fully saturated rings. The zero-order valence-corrected chi connectivity index (χ0v) is 26.1. The van der Waals surface area contributed by atoms with Crippen LogP contribution in [0.3, 0.4) is 0 Å². The first-order valence-corrected chi connectivity index (χ1v) is 15.7. The van der Waals surface area contributed by atoms with Crippen molar-refractivity contribution in [1.82, 2.24) is 19.7 Å². The molecule has 0 bridgehead atoms. The largest absolute Gasteiger partial charge is 0.475 e. The van der Waals surface area contributed by atoms with Crippen LogP contribution < -0.4 is 20.1 Å². The van der Waals surface area contributed by atoms with Gasteiger partial charge in [-0.2, -0.15) is 8.42 Å². The fraction of sp³-hybridized carbons (Fsp3) is 0.467. The normalized spacial score (nSPS) is 16.3. The quantitative estimate of drug-likeness (QED) is 0.272. The number of nitrogens with zero attached hydrogens (tertiary/aromatic N) is 4. The number of sulfonamides is 1. The molecule has 1 saturated heterocycles. The molecule has 1 amide bonds. The van der Waals surface area contributed by atoms with Crippen LogP contribution in [-0.2, 0) is 19.5 Å². The maximum atomic E-state index is 13.5. The summed E-state index contributed by atoms with van der Waals surface area (Å²) in [6, 6.07) is 9.39. The SMILES string of the molecule is CCOCCOCCOc1ncc(-c2ccc(C(=O)NS(=O)(=O)c3cccc(N)n3)c(N3C[C@@H](C)CC3(C)C)n2)cc1C. The zero-order chi connectivity index (χ0) is 31.2. The van der Waals surface area contributed by atoms with Crippen molar-refractivity contribution < 1.29 is 27.4 Å². The molecule has 1 atom stereocenters.